The monoisotopic (exact) mass is 426 g/mol. The third-order valence-corrected chi connectivity index (χ3v) is 4.96. The van der Waals surface area contributed by atoms with Crippen LogP contribution in [0.5, 0.6) is 11.5 Å². The summed E-state index contributed by atoms with van der Waals surface area (Å²) in [6, 6.07) is 16.1. The summed E-state index contributed by atoms with van der Waals surface area (Å²) in [5, 5.41) is 29.6. The molecule has 0 aliphatic rings. The number of phenolic OH excluding ortho intramolecular Hbond substituents is 1. The average molecular weight is 427 g/mol. The summed E-state index contributed by atoms with van der Waals surface area (Å²) >= 11 is 6.08. The fourth-order valence-corrected chi connectivity index (χ4v) is 3.15. The number of aromatic carboxylic acids is 1. The highest BCUT2D eigenvalue weighted by Gasteiger charge is 2.16. The molecule has 1 unspecified atom stereocenters. The highest BCUT2D eigenvalue weighted by molar-refractivity contribution is 6.34. The molecule has 0 saturated heterocycles. The van der Waals surface area contributed by atoms with Crippen LogP contribution in [0.4, 0.5) is 0 Å². The molecule has 0 radical (unpaired) electrons. The fraction of sp³-hybridized carbons (Fsp3) is 0.130. The average Bonchev–Trinajstić information content (AvgIpc) is 2.74. The molecule has 30 heavy (non-hydrogen) atoms. The molecule has 3 aromatic rings. The Morgan fingerprint density at radius 1 is 1.03 bits per heavy atom. The second kappa shape index (κ2) is 8.98. The maximum absolute atomic E-state index is 11.4. The summed E-state index contributed by atoms with van der Waals surface area (Å²) < 4.78 is 5.63. The minimum absolute atomic E-state index is 0.0342. The highest BCUT2D eigenvalue weighted by atomic mass is 35.5. The minimum atomic E-state index is -1.06. The van der Waals surface area contributed by atoms with E-state index in [1.165, 1.54) is 31.2 Å². The predicted molar refractivity (Wildman–Crippen MR) is 111 cm³/mol. The molecule has 0 fully saturated rings. The van der Waals surface area contributed by atoms with Crippen molar-refractivity contribution in [2.45, 2.75) is 19.6 Å². The topological polar surface area (TPSA) is 104 Å². The van der Waals surface area contributed by atoms with E-state index in [0.29, 0.717) is 11.1 Å². The largest absolute Gasteiger partial charge is 0.505 e. The lowest BCUT2D eigenvalue weighted by Crippen LogP contribution is -2.03. The number of rotatable bonds is 7. The molecule has 0 aromatic heterocycles. The third kappa shape index (κ3) is 4.62. The standard InChI is InChI=1S/C23H19ClO6/c1-13(25)18-9-10-19(20(24)22(18)27)30-12-14-5-7-15(8-6-14)21(26)16-3-2-4-17(11-16)23(28)29/h2-11,21,26-27H,12H2,1H3,(H,28,29). The molecule has 3 aromatic carbocycles. The summed E-state index contributed by atoms with van der Waals surface area (Å²) in [6.45, 7) is 1.49. The first-order valence-electron chi connectivity index (χ1n) is 9.03. The molecule has 0 saturated carbocycles. The number of carbonyl (C=O) groups excluding carboxylic acids is 1. The van der Waals surface area contributed by atoms with Crippen LogP contribution < -0.4 is 4.74 Å². The van der Waals surface area contributed by atoms with Gasteiger partial charge in [-0.15, -0.1) is 0 Å². The minimum Gasteiger partial charge on any atom is -0.505 e. The number of hydrogen-bond acceptors (Lipinski definition) is 5. The smallest absolute Gasteiger partial charge is 0.335 e. The van der Waals surface area contributed by atoms with E-state index in [1.807, 2.05) is 0 Å². The lowest BCUT2D eigenvalue weighted by Gasteiger charge is -2.14. The third-order valence-electron chi connectivity index (χ3n) is 4.60. The number of aliphatic hydroxyl groups is 1. The Bertz CT molecular complexity index is 1090. The number of ketones is 1. The Balaban J connectivity index is 1.71. The van der Waals surface area contributed by atoms with Crippen LogP contribution in [0, 0.1) is 0 Å². The molecule has 0 bridgehead atoms. The molecule has 0 spiro atoms. The quantitative estimate of drug-likeness (QED) is 0.477. The number of hydrogen-bond donors (Lipinski definition) is 3. The number of aromatic hydroxyl groups is 1. The zero-order valence-corrected chi connectivity index (χ0v) is 16.8. The van der Waals surface area contributed by atoms with Crippen molar-refractivity contribution < 1.29 is 29.6 Å². The van der Waals surface area contributed by atoms with Crippen LogP contribution in [0.15, 0.2) is 60.7 Å². The summed E-state index contributed by atoms with van der Waals surface area (Å²) in [5.74, 6) is -1.43. The van der Waals surface area contributed by atoms with Gasteiger partial charge in [-0.25, -0.2) is 4.79 Å². The molecular weight excluding hydrogens is 408 g/mol. The van der Waals surface area contributed by atoms with Crippen molar-refractivity contribution in [3.8, 4) is 11.5 Å². The number of aliphatic hydroxyl groups excluding tert-OH is 1. The molecule has 0 aliphatic heterocycles. The second-order valence-electron chi connectivity index (χ2n) is 6.69. The number of carboxylic acid groups (broad SMARTS) is 1. The molecule has 3 rings (SSSR count). The number of carboxylic acids is 1. The van der Waals surface area contributed by atoms with Gasteiger partial charge >= 0.3 is 5.97 Å². The zero-order valence-electron chi connectivity index (χ0n) is 16.0. The van der Waals surface area contributed by atoms with Gasteiger partial charge in [-0.3, -0.25) is 4.79 Å². The first-order valence-corrected chi connectivity index (χ1v) is 9.41. The van der Waals surface area contributed by atoms with E-state index in [-0.39, 0.29) is 40.0 Å². The number of ether oxygens (including phenoxy) is 1. The normalized spacial score (nSPS) is 11.7. The van der Waals surface area contributed by atoms with E-state index in [1.54, 1.807) is 36.4 Å². The fourth-order valence-electron chi connectivity index (χ4n) is 2.93. The van der Waals surface area contributed by atoms with Crippen molar-refractivity contribution in [2.24, 2.45) is 0 Å². The maximum Gasteiger partial charge on any atom is 0.335 e. The van der Waals surface area contributed by atoms with Crippen molar-refractivity contribution in [1.29, 1.82) is 0 Å². The maximum atomic E-state index is 11.4. The summed E-state index contributed by atoms with van der Waals surface area (Å²) in [6.07, 6.45) is -0.968. The van der Waals surface area contributed by atoms with Crippen LogP contribution in [-0.4, -0.2) is 27.1 Å². The molecule has 0 aliphatic carbocycles. The van der Waals surface area contributed by atoms with Gasteiger partial charge in [0.2, 0.25) is 0 Å². The molecule has 0 heterocycles. The number of phenols is 1. The molecule has 1 atom stereocenters. The van der Waals surface area contributed by atoms with Gasteiger partial charge in [-0.05, 0) is 47.9 Å². The number of Topliss-reactive ketones (excluding diaryl/α,β-unsaturated/α-hetero) is 1. The number of halogens is 1. The molecule has 6 nitrogen and oxygen atoms in total. The molecule has 0 amide bonds. The SMILES string of the molecule is CC(=O)c1ccc(OCc2ccc(C(O)c3cccc(C(=O)O)c3)cc2)c(Cl)c1O. The Kier molecular flexibility index (Phi) is 6.40. The molecule has 154 valence electrons. The Morgan fingerprint density at radius 3 is 2.37 bits per heavy atom. The molecular formula is C23H19ClO6. The van der Waals surface area contributed by atoms with Crippen LogP contribution in [-0.2, 0) is 6.61 Å². The van der Waals surface area contributed by atoms with E-state index in [4.69, 9.17) is 21.4 Å². The van der Waals surface area contributed by atoms with Gasteiger partial charge in [0, 0.05) is 0 Å². The predicted octanol–water partition coefficient (Wildman–Crippen LogP) is 4.61. The van der Waals surface area contributed by atoms with Crippen LogP contribution in [0.2, 0.25) is 5.02 Å². The van der Waals surface area contributed by atoms with Gasteiger partial charge in [-0.2, -0.15) is 0 Å². The lowest BCUT2D eigenvalue weighted by molar-refractivity contribution is 0.0696. The van der Waals surface area contributed by atoms with Crippen molar-refractivity contribution >= 4 is 23.4 Å². The summed E-state index contributed by atoms with van der Waals surface area (Å²) in [7, 11) is 0. The van der Waals surface area contributed by atoms with Gasteiger partial charge in [-0.1, -0.05) is 48.0 Å². The lowest BCUT2D eigenvalue weighted by atomic mass is 9.99. The van der Waals surface area contributed by atoms with Gasteiger partial charge in [0.05, 0.1) is 11.1 Å². The van der Waals surface area contributed by atoms with Crippen molar-refractivity contribution in [3.05, 3.63) is 93.5 Å². The summed E-state index contributed by atoms with van der Waals surface area (Å²) in [5.41, 5.74) is 2.09. The summed E-state index contributed by atoms with van der Waals surface area (Å²) in [4.78, 5) is 22.5. The van der Waals surface area contributed by atoms with Gasteiger partial charge in [0.25, 0.3) is 0 Å². The number of carbonyl (C=O) groups is 2. The Hall–Kier alpha value is -3.35. The van der Waals surface area contributed by atoms with Gasteiger partial charge in [0.1, 0.15) is 29.2 Å². The van der Waals surface area contributed by atoms with Crippen LogP contribution in [0.1, 0.15) is 50.4 Å². The van der Waals surface area contributed by atoms with Crippen LogP contribution in [0.3, 0.4) is 0 Å². The van der Waals surface area contributed by atoms with E-state index in [9.17, 15) is 19.8 Å². The number of benzene rings is 3. The van der Waals surface area contributed by atoms with Gasteiger partial charge in [0.15, 0.2) is 5.78 Å². The van der Waals surface area contributed by atoms with E-state index < -0.39 is 12.1 Å². The van der Waals surface area contributed by atoms with E-state index in [0.717, 1.165) is 5.56 Å². The van der Waals surface area contributed by atoms with Crippen LogP contribution >= 0.6 is 11.6 Å². The van der Waals surface area contributed by atoms with Crippen molar-refractivity contribution in [2.75, 3.05) is 0 Å². The zero-order chi connectivity index (χ0) is 21.8. The van der Waals surface area contributed by atoms with Crippen LogP contribution in [0.25, 0.3) is 0 Å². The molecule has 7 heteroatoms. The van der Waals surface area contributed by atoms with Gasteiger partial charge < -0.3 is 20.1 Å². The second-order valence-corrected chi connectivity index (χ2v) is 7.07. The van der Waals surface area contributed by atoms with Crippen molar-refractivity contribution in [1.82, 2.24) is 0 Å². The first-order chi connectivity index (χ1) is 14.3. The Labute approximate surface area is 177 Å². The Morgan fingerprint density at radius 2 is 1.73 bits per heavy atom. The molecule has 3 N–H and O–H groups in total. The first kappa shape index (κ1) is 21.4. The van der Waals surface area contributed by atoms with Crippen molar-refractivity contribution in [3.63, 3.8) is 0 Å². The van der Waals surface area contributed by atoms with E-state index in [2.05, 4.69) is 0 Å². The van der Waals surface area contributed by atoms with E-state index >= 15 is 0 Å². The highest BCUT2D eigenvalue weighted by Crippen LogP contribution is 2.36.